The zero-order chi connectivity index (χ0) is 18.8. The van der Waals surface area contributed by atoms with Crippen LogP contribution in [0.3, 0.4) is 0 Å². The SMILES string of the molecule is O=C(N[C@H]1CCN(c2cc(-c3ccc(F)cc3)[nH]n2)C1)c1ccc(Br)cc1. The van der Waals surface area contributed by atoms with Gasteiger partial charge in [-0.2, -0.15) is 5.10 Å². The lowest BCUT2D eigenvalue weighted by Crippen LogP contribution is -2.37. The summed E-state index contributed by atoms with van der Waals surface area (Å²) in [7, 11) is 0. The highest BCUT2D eigenvalue weighted by Crippen LogP contribution is 2.24. The van der Waals surface area contributed by atoms with E-state index in [-0.39, 0.29) is 17.8 Å². The fourth-order valence-electron chi connectivity index (χ4n) is 3.21. The van der Waals surface area contributed by atoms with E-state index < -0.39 is 0 Å². The summed E-state index contributed by atoms with van der Waals surface area (Å²) in [4.78, 5) is 14.5. The van der Waals surface area contributed by atoms with Gasteiger partial charge in [0.05, 0.1) is 5.69 Å². The molecule has 0 aliphatic carbocycles. The molecule has 4 rings (SSSR count). The molecule has 1 saturated heterocycles. The molecule has 1 aromatic heterocycles. The first kappa shape index (κ1) is 17.7. The molecule has 0 spiro atoms. The average Bonchev–Trinajstić information content (AvgIpc) is 3.32. The number of rotatable bonds is 4. The van der Waals surface area contributed by atoms with Gasteiger partial charge in [-0.3, -0.25) is 9.89 Å². The number of H-pyrrole nitrogens is 1. The molecular formula is C20H18BrFN4O. The third kappa shape index (κ3) is 4.03. The van der Waals surface area contributed by atoms with Crippen molar-refractivity contribution in [1.29, 1.82) is 0 Å². The van der Waals surface area contributed by atoms with E-state index in [0.717, 1.165) is 34.5 Å². The van der Waals surface area contributed by atoms with Crippen LogP contribution in [-0.2, 0) is 0 Å². The van der Waals surface area contributed by atoms with E-state index in [1.807, 2.05) is 18.2 Å². The molecule has 2 aromatic carbocycles. The Labute approximate surface area is 164 Å². The van der Waals surface area contributed by atoms with Crippen LogP contribution in [0.5, 0.6) is 0 Å². The quantitative estimate of drug-likeness (QED) is 0.660. The summed E-state index contributed by atoms with van der Waals surface area (Å²) in [5, 5.41) is 10.5. The van der Waals surface area contributed by atoms with Crippen molar-refractivity contribution in [3.8, 4) is 11.3 Å². The van der Waals surface area contributed by atoms with Gasteiger partial charge in [-0.25, -0.2) is 4.39 Å². The Hall–Kier alpha value is -2.67. The van der Waals surface area contributed by atoms with Crippen molar-refractivity contribution >= 4 is 27.7 Å². The van der Waals surface area contributed by atoms with Crippen LogP contribution in [0.4, 0.5) is 10.2 Å². The first-order valence-electron chi connectivity index (χ1n) is 8.71. The highest BCUT2D eigenvalue weighted by Gasteiger charge is 2.26. The maximum Gasteiger partial charge on any atom is 0.251 e. The van der Waals surface area contributed by atoms with E-state index in [0.29, 0.717) is 12.1 Å². The Morgan fingerprint density at radius 2 is 1.93 bits per heavy atom. The van der Waals surface area contributed by atoms with Gasteiger partial charge in [-0.1, -0.05) is 15.9 Å². The molecule has 5 nitrogen and oxygen atoms in total. The normalized spacial score (nSPS) is 16.5. The fraction of sp³-hybridized carbons (Fsp3) is 0.200. The number of halogens is 2. The predicted molar refractivity (Wildman–Crippen MR) is 106 cm³/mol. The van der Waals surface area contributed by atoms with Gasteiger partial charge in [-0.05, 0) is 60.5 Å². The minimum Gasteiger partial charge on any atom is -0.353 e. The number of carbonyl (C=O) groups excluding carboxylic acids is 1. The smallest absolute Gasteiger partial charge is 0.251 e. The number of carbonyl (C=O) groups is 1. The summed E-state index contributed by atoms with van der Waals surface area (Å²) in [6, 6.07) is 15.6. The van der Waals surface area contributed by atoms with Crippen LogP contribution < -0.4 is 10.2 Å². The topological polar surface area (TPSA) is 61.0 Å². The Morgan fingerprint density at radius 1 is 1.19 bits per heavy atom. The lowest BCUT2D eigenvalue weighted by molar-refractivity contribution is 0.0940. The van der Waals surface area contributed by atoms with E-state index in [4.69, 9.17) is 0 Å². The fourth-order valence-corrected chi connectivity index (χ4v) is 3.47. The van der Waals surface area contributed by atoms with Crippen molar-refractivity contribution in [1.82, 2.24) is 15.5 Å². The third-order valence-corrected chi connectivity index (χ3v) is 5.20. The van der Waals surface area contributed by atoms with E-state index in [1.165, 1.54) is 12.1 Å². The highest BCUT2D eigenvalue weighted by molar-refractivity contribution is 9.10. The zero-order valence-electron chi connectivity index (χ0n) is 14.5. The molecule has 1 aliphatic heterocycles. The molecule has 27 heavy (non-hydrogen) atoms. The molecule has 0 bridgehead atoms. The lowest BCUT2D eigenvalue weighted by Gasteiger charge is -2.16. The monoisotopic (exact) mass is 428 g/mol. The van der Waals surface area contributed by atoms with Crippen molar-refractivity contribution < 1.29 is 9.18 Å². The molecule has 0 radical (unpaired) electrons. The van der Waals surface area contributed by atoms with E-state index >= 15 is 0 Å². The van der Waals surface area contributed by atoms with Crippen molar-refractivity contribution in [2.24, 2.45) is 0 Å². The summed E-state index contributed by atoms with van der Waals surface area (Å²) in [6.45, 7) is 1.52. The van der Waals surface area contributed by atoms with Crippen molar-refractivity contribution in [2.75, 3.05) is 18.0 Å². The van der Waals surface area contributed by atoms with Gasteiger partial charge in [0.1, 0.15) is 5.82 Å². The van der Waals surface area contributed by atoms with Gasteiger partial charge < -0.3 is 10.2 Å². The number of nitrogens with zero attached hydrogens (tertiary/aromatic N) is 2. The first-order chi connectivity index (χ1) is 13.1. The Balaban J connectivity index is 1.39. The first-order valence-corrected chi connectivity index (χ1v) is 9.50. The van der Waals surface area contributed by atoms with Gasteiger partial charge in [0.15, 0.2) is 5.82 Å². The summed E-state index contributed by atoms with van der Waals surface area (Å²) >= 11 is 3.37. The van der Waals surface area contributed by atoms with Crippen LogP contribution in [0, 0.1) is 5.82 Å². The van der Waals surface area contributed by atoms with Gasteiger partial charge in [0, 0.05) is 35.2 Å². The number of anilines is 1. The van der Waals surface area contributed by atoms with Gasteiger partial charge in [-0.15, -0.1) is 0 Å². The number of hydrogen-bond donors (Lipinski definition) is 2. The highest BCUT2D eigenvalue weighted by atomic mass is 79.9. The Kier molecular flexibility index (Phi) is 4.94. The number of hydrogen-bond acceptors (Lipinski definition) is 3. The Bertz CT molecular complexity index is 939. The minimum absolute atomic E-state index is 0.0663. The number of amides is 1. The second-order valence-electron chi connectivity index (χ2n) is 6.56. The van der Waals surface area contributed by atoms with Crippen LogP contribution in [0.2, 0.25) is 0 Å². The summed E-state index contributed by atoms with van der Waals surface area (Å²) in [5.74, 6) is 0.500. The lowest BCUT2D eigenvalue weighted by atomic mass is 10.1. The van der Waals surface area contributed by atoms with Gasteiger partial charge in [0.2, 0.25) is 0 Å². The maximum atomic E-state index is 13.1. The van der Waals surface area contributed by atoms with Gasteiger partial charge in [0.25, 0.3) is 5.91 Å². The van der Waals surface area contributed by atoms with Crippen LogP contribution >= 0.6 is 15.9 Å². The molecule has 1 atom stereocenters. The molecule has 138 valence electrons. The summed E-state index contributed by atoms with van der Waals surface area (Å²) in [5.41, 5.74) is 2.37. The molecular weight excluding hydrogens is 411 g/mol. The van der Waals surface area contributed by atoms with E-state index in [1.54, 1.807) is 24.3 Å². The molecule has 2 heterocycles. The summed E-state index contributed by atoms with van der Waals surface area (Å²) < 4.78 is 14.0. The second-order valence-corrected chi connectivity index (χ2v) is 7.47. The maximum absolute atomic E-state index is 13.1. The minimum atomic E-state index is -0.262. The van der Waals surface area contributed by atoms with Crippen molar-refractivity contribution in [2.45, 2.75) is 12.5 Å². The van der Waals surface area contributed by atoms with Crippen molar-refractivity contribution in [3.05, 3.63) is 70.5 Å². The van der Waals surface area contributed by atoms with Gasteiger partial charge >= 0.3 is 0 Å². The molecule has 1 aliphatic rings. The number of benzene rings is 2. The third-order valence-electron chi connectivity index (χ3n) is 4.67. The predicted octanol–water partition coefficient (Wildman–Crippen LogP) is 3.99. The average molecular weight is 429 g/mol. The standard InChI is InChI=1S/C20H18BrFN4O/c21-15-5-1-14(2-6-15)20(27)23-17-9-10-26(12-17)19-11-18(24-25-19)13-3-7-16(22)8-4-13/h1-8,11,17H,9-10,12H2,(H,23,27)(H,24,25)/t17-/m0/s1. The summed E-state index contributed by atoms with van der Waals surface area (Å²) in [6.07, 6.45) is 0.862. The molecule has 1 fully saturated rings. The Morgan fingerprint density at radius 3 is 2.67 bits per heavy atom. The number of aromatic amines is 1. The van der Waals surface area contributed by atoms with Crippen LogP contribution in [0.15, 0.2) is 59.1 Å². The van der Waals surface area contributed by atoms with E-state index in [2.05, 4.69) is 36.3 Å². The largest absolute Gasteiger partial charge is 0.353 e. The van der Waals surface area contributed by atoms with Crippen LogP contribution in [-0.4, -0.2) is 35.2 Å². The molecule has 3 aromatic rings. The number of aromatic nitrogens is 2. The van der Waals surface area contributed by atoms with E-state index in [9.17, 15) is 9.18 Å². The molecule has 0 unspecified atom stereocenters. The molecule has 0 saturated carbocycles. The molecule has 1 amide bonds. The molecule has 7 heteroatoms. The molecule has 2 N–H and O–H groups in total. The van der Waals surface area contributed by atoms with Crippen LogP contribution in [0.25, 0.3) is 11.3 Å². The van der Waals surface area contributed by atoms with Crippen molar-refractivity contribution in [3.63, 3.8) is 0 Å². The zero-order valence-corrected chi connectivity index (χ0v) is 16.0. The number of nitrogens with one attached hydrogen (secondary N) is 2. The van der Waals surface area contributed by atoms with Crippen LogP contribution in [0.1, 0.15) is 16.8 Å². The second kappa shape index (κ2) is 7.52.